The van der Waals surface area contributed by atoms with Crippen LogP contribution in [-0.2, 0) is 7.05 Å². The number of nitrogens with zero attached hydrogens (tertiary/aromatic N) is 2. The summed E-state index contributed by atoms with van der Waals surface area (Å²) >= 11 is 0. The zero-order valence-corrected chi connectivity index (χ0v) is 10.8. The van der Waals surface area contributed by atoms with E-state index in [1.807, 2.05) is 0 Å². The molecule has 0 unspecified atom stereocenters. The molecule has 3 rings (SSSR count). The Labute approximate surface area is 111 Å². The number of aryl methyl sites for hydroxylation is 1. The number of anilines is 1. The number of para-hydroxylation sites is 1. The Morgan fingerprint density at radius 3 is 2.84 bits per heavy atom. The first-order chi connectivity index (χ1) is 9.16. The van der Waals surface area contributed by atoms with Gasteiger partial charge in [0, 0.05) is 18.2 Å². The third-order valence-corrected chi connectivity index (χ3v) is 3.40. The molecule has 0 spiro atoms. The highest BCUT2D eigenvalue weighted by Gasteiger charge is 2.24. The quantitative estimate of drug-likeness (QED) is 0.920. The van der Waals surface area contributed by atoms with Gasteiger partial charge in [0.2, 0.25) is 0 Å². The summed E-state index contributed by atoms with van der Waals surface area (Å²) in [4.78, 5) is 0. The van der Waals surface area contributed by atoms with E-state index in [4.69, 9.17) is 10.5 Å². The number of hydrogen-bond acceptors (Lipinski definition) is 3. The number of rotatable bonds is 4. The van der Waals surface area contributed by atoms with E-state index in [1.54, 1.807) is 30.1 Å². The minimum absolute atomic E-state index is 0.272. The summed E-state index contributed by atoms with van der Waals surface area (Å²) in [6.07, 6.45) is 3.96. The van der Waals surface area contributed by atoms with Gasteiger partial charge in [0.1, 0.15) is 5.82 Å². The van der Waals surface area contributed by atoms with E-state index < -0.39 is 0 Å². The molecule has 2 aromatic rings. The third kappa shape index (κ3) is 2.28. The van der Waals surface area contributed by atoms with Crippen LogP contribution < -0.4 is 10.5 Å². The molecule has 0 atom stereocenters. The van der Waals surface area contributed by atoms with Crippen LogP contribution in [0.5, 0.6) is 5.75 Å². The highest BCUT2D eigenvalue weighted by atomic mass is 19.1. The summed E-state index contributed by atoms with van der Waals surface area (Å²) in [7, 11) is 1.75. The van der Waals surface area contributed by atoms with Crippen LogP contribution in [0, 0.1) is 11.7 Å². The normalized spacial score (nSPS) is 14.6. The number of ether oxygens (including phenoxy) is 1. The first kappa shape index (κ1) is 12.0. The van der Waals surface area contributed by atoms with Gasteiger partial charge >= 0.3 is 0 Å². The number of nitrogen functional groups attached to an aromatic ring is 1. The summed E-state index contributed by atoms with van der Waals surface area (Å²) < 4.78 is 21.2. The van der Waals surface area contributed by atoms with Crippen molar-refractivity contribution in [2.45, 2.75) is 12.8 Å². The van der Waals surface area contributed by atoms with Crippen molar-refractivity contribution in [1.29, 1.82) is 0 Å². The molecule has 2 N–H and O–H groups in total. The summed E-state index contributed by atoms with van der Waals surface area (Å²) in [5, 5.41) is 4.08. The smallest absolute Gasteiger partial charge is 0.165 e. The Morgan fingerprint density at radius 2 is 2.21 bits per heavy atom. The molecule has 5 heteroatoms. The van der Waals surface area contributed by atoms with Gasteiger partial charge in [0.25, 0.3) is 0 Å². The molecule has 1 aromatic carbocycles. The van der Waals surface area contributed by atoms with Gasteiger partial charge in [-0.25, -0.2) is 4.39 Å². The lowest BCUT2D eigenvalue weighted by atomic mass is 10.1. The average Bonchev–Trinajstić information content (AvgIpc) is 3.16. The standard InChI is InChI=1S/C14H16FN3O/c1-18-14(16)11(7-17-18)10-3-2-4-12(15)13(10)19-8-9-5-6-9/h2-4,7,9H,5-6,8,16H2,1H3. The van der Waals surface area contributed by atoms with Crippen molar-refractivity contribution in [2.75, 3.05) is 12.3 Å². The van der Waals surface area contributed by atoms with Gasteiger partial charge in [-0.15, -0.1) is 0 Å². The molecule has 1 heterocycles. The van der Waals surface area contributed by atoms with Crippen molar-refractivity contribution in [3.8, 4) is 16.9 Å². The second kappa shape index (κ2) is 4.57. The highest BCUT2D eigenvalue weighted by Crippen LogP contribution is 2.37. The van der Waals surface area contributed by atoms with Crippen molar-refractivity contribution < 1.29 is 9.13 Å². The van der Waals surface area contributed by atoms with E-state index in [2.05, 4.69) is 5.10 Å². The number of hydrogen-bond donors (Lipinski definition) is 1. The van der Waals surface area contributed by atoms with Crippen molar-refractivity contribution in [1.82, 2.24) is 9.78 Å². The lowest BCUT2D eigenvalue weighted by molar-refractivity contribution is 0.286. The van der Waals surface area contributed by atoms with Gasteiger partial charge in [-0.1, -0.05) is 12.1 Å². The summed E-state index contributed by atoms with van der Waals surface area (Å²) in [5.41, 5.74) is 7.30. The first-order valence-electron chi connectivity index (χ1n) is 6.36. The van der Waals surface area contributed by atoms with Crippen LogP contribution in [-0.4, -0.2) is 16.4 Å². The minimum Gasteiger partial charge on any atom is -0.490 e. The van der Waals surface area contributed by atoms with Crippen molar-refractivity contribution >= 4 is 5.82 Å². The van der Waals surface area contributed by atoms with Crippen LogP contribution in [0.4, 0.5) is 10.2 Å². The van der Waals surface area contributed by atoms with Crippen molar-refractivity contribution in [2.24, 2.45) is 13.0 Å². The molecule has 0 aliphatic heterocycles. The Morgan fingerprint density at radius 1 is 1.42 bits per heavy atom. The van der Waals surface area contributed by atoms with Crippen LogP contribution in [0.25, 0.3) is 11.1 Å². The molecule has 1 saturated carbocycles. The van der Waals surface area contributed by atoms with Crippen molar-refractivity contribution in [3.05, 3.63) is 30.2 Å². The van der Waals surface area contributed by atoms with Gasteiger partial charge < -0.3 is 10.5 Å². The topological polar surface area (TPSA) is 53.1 Å². The Hall–Kier alpha value is -2.04. The predicted octanol–water partition coefficient (Wildman–Crippen LogP) is 2.60. The number of benzene rings is 1. The number of nitrogens with two attached hydrogens (primary N) is 1. The van der Waals surface area contributed by atoms with Crippen LogP contribution in [0.1, 0.15) is 12.8 Å². The molecule has 100 valence electrons. The Balaban J connectivity index is 1.99. The van der Waals surface area contributed by atoms with Crippen LogP contribution in [0.3, 0.4) is 0 Å². The zero-order chi connectivity index (χ0) is 13.4. The molecule has 0 radical (unpaired) electrons. The molecule has 1 aliphatic carbocycles. The molecule has 19 heavy (non-hydrogen) atoms. The highest BCUT2D eigenvalue weighted by molar-refractivity contribution is 5.78. The summed E-state index contributed by atoms with van der Waals surface area (Å²) in [5.74, 6) is 0.982. The van der Waals surface area contributed by atoms with Crippen LogP contribution in [0.2, 0.25) is 0 Å². The van der Waals surface area contributed by atoms with Gasteiger partial charge in [0.15, 0.2) is 11.6 Å². The maximum atomic E-state index is 14.0. The van der Waals surface area contributed by atoms with Gasteiger partial charge in [-0.2, -0.15) is 5.10 Å². The van der Waals surface area contributed by atoms with Gasteiger partial charge in [0.05, 0.1) is 12.8 Å². The average molecular weight is 261 g/mol. The fourth-order valence-corrected chi connectivity index (χ4v) is 2.01. The Bertz CT molecular complexity index is 605. The van der Waals surface area contributed by atoms with Crippen LogP contribution in [0.15, 0.2) is 24.4 Å². The third-order valence-electron chi connectivity index (χ3n) is 3.40. The molecule has 0 amide bonds. The second-order valence-corrected chi connectivity index (χ2v) is 4.94. The summed E-state index contributed by atoms with van der Waals surface area (Å²) in [6, 6.07) is 4.86. The maximum absolute atomic E-state index is 14.0. The Kier molecular flexibility index (Phi) is 2.89. The molecule has 1 aliphatic rings. The van der Waals surface area contributed by atoms with E-state index >= 15 is 0 Å². The fourth-order valence-electron chi connectivity index (χ4n) is 2.01. The fraction of sp³-hybridized carbons (Fsp3) is 0.357. The SMILES string of the molecule is Cn1ncc(-c2cccc(F)c2OCC2CC2)c1N. The van der Waals surface area contributed by atoms with E-state index in [9.17, 15) is 4.39 Å². The lowest BCUT2D eigenvalue weighted by Crippen LogP contribution is -2.03. The van der Waals surface area contributed by atoms with Crippen molar-refractivity contribution in [3.63, 3.8) is 0 Å². The van der Waals surface area contributed by atoms with E-state index in [0.717, 1.165) is 0 Å². The van der Waals surface area contributed by atoms with E-state index in [1.165, 1.54) is 18.9 Å². The van der Waals surface area contributed by atoms with E-state index in [0.29, 0.717) is 29.5 Å². The molecule has 1 aromatic heterocycles. The molecule has 4 nitrogen and oxygen atoms in total. The molecule has 1 fully saturated rings. The van der Waals surface area contributed by atoms with E-state index in [-0.39, 0.29) is 11.6 Å². The first-order valence-corrected chi connectivity index (χ1v) is 6.36. The monoisotopic (exact) mass is 261 g/mol. The van der Waals surface area contributed by atoms with Gasteiger partial charge in [-0.05, 0) is 24.8 Å². The number of halogens is 1. The molecule has 0 saturated heterocycles. The van der Waals surface area contributed by atoms with Gasteiger partial charge in [-0.3, -0.25) is 4.68 Å². The minimum atomic E-state index is -0.360. The molecular weight excluding hydrogens is 245 g/mol. The predicted molar refractivity (Wildman–Crippen MR) is 71.2 cm³/mol. The molecule has 0 bridgehead atoms. The maximum Gasteiger partial charge on any atom is 0.165 e. The molecular formula is C14H16FN3O. The lowest BCUT2D eigenvalue weighted by Gasteiger charge is -2.11. The van der Waals surface area contributed by atoms with Crippen LogP contribution >= 0.6 is 0 Å². The zero-order valence-electron chi connectivity index (χ0n) is 10.8. The largest absolute Gasteiger partial charge is 0.490 e. The number of aromatic nitrogens is 2. The second-order valence-electron chi connectivity index (χ2n) is 4.94. The summed E-state index contributed by atoms with van der Waals surface area (Å²) in [6.45, 7) is 0.564.